The summed E-state index contributed by atoms with van der Waals surface area (Å²) in [5.74, 6) is 0. The van der Waals surface area contributed by atoms with E-state index in [1.807, 2.05) is 20.8 Å². The van der Waals surface area contributed by atoms with E-state index in [1.165, 1.54) is 11.1 Å². The zero-order chi connectivity index (χ0) is 14.8. The molecule has 0 unspecified atom stereocenters. The summed E-state index contributed by atoms with van der Waals surface area (Å²) >= 11 is 0. The third-order valence-corrected chi connectivity index (χ3v) is 3.09. The highest BCUT2D eigenvalue weighted by molar-refractivity contribution is 5.68. The van der Waals surface area contributed by atoms with Crippen LogP contribution in [0.3, 0.4) is 0 Å². The second-order valence-corrected chi connectivity index (χ2v) is 6.31. The van der Waals surface area contributed by atoms with Crippen LogP contribution in [0.25, 0.3) is 0 Å². The van der Waals surface area contributed by atoms with Crippen molar-refractivity contribution < 1.29 is 14.3 Å². The standard InChI is InChI=1S/C16H23NO3/c1-11-5-7-12(8-6-11)9-13(14-10-19-14)17-15(18)20-16(2,3)4/h5-8,13-14H,9-10H2,1-4H3,(H,17,18)/t13-,14-/m0/s1. The summed E-state index contributed by atoms with van der Waals surface area (Å²) in [5, 5.41) is 2.91. The molecule has 1 N–H and O–H groups in total. The normalized spacial score (nSPS) is 19.3. The number of epoxide rings is 1. The van der Waals surface area contributed by atoms with Gasteiger partial charge in [0.2, 0.25) is 0 Å². The van der Waals surface area contributed by atoms with Gasteiger partial charge in [0.25, 0.3) is 0 Å². The minimum atomic E-state index is -0.483. The van der Waals surface area contributed by atoms with Crippen molar-refractivity contribution in [1.29, 1.82) is 0 Å². The second kappa shape index (κ2) is 5.83. The highest BCUT2D eigenvalue weighted by Gasteiger charge is 2.34. The largest absolute Gasteiger partial charge is 0.444 e. The summed E-state index contributed by atoms with van der Waals surface area (Å²) in [6.45, 7) is 8.33. The Balaban J connectivity index is 1.94. The summed E-state index contributed by atoms with van der Waals surface area (Å²) in [6.07, 6.45) is 0.471. The van der Waals surface area contributed by atoms with Crippen LogP contribution in [0, 0.1) is 6.92 Å². The molecule has 0 aromatic heterocycles. The lowest BCUT2D eigenvalue weighted by molar-refractivity contribution is 0.0495. The first-order chi connectivity index (χ1) is 9.33. The maximum Gasteiger partial charge on any atom is 0.407 e. The van der Waals surface area contributed by atoms with Crippen molar-refractivity contribution in [2.24, 2.45) is 0 Å². The number of hydrogen-bond acceptors (Lipinski definition) is 3. The van der Waals surface area contributed by atoms with E-state index >= 15 is 0 Å². The first-order valence-electron chi connectivity index (χ1n) is 7.00. The smallest absolute Gasteiger partial charge is 0.407 e. The lowest BCUT2D eigenvalue weighted by Crippen LogP contribution is -2.43. The minimum Gasteiger partial charge on any atom is -0.444 e. The van der Waals surface area contributed by atoms with E-state index in [0.29, 0.717) is 6.61 Å². The van der Waals surface area contributed by atoms with Gasteiger partial charge in [-0.3, -0.25) is 0 Å². The topological polar surface area (TPSA) is 50.9 Å². The fourth-order valence-corrected chi connectivity index (χ4v) is 2.00. The number of aryl methyl sites for hydroxylation is 1. The van der Waals surface area contributed by atoms with Crippen LogP contribution in [0.5, 0.6) is 0 Å². The molecule has 1 fully saturated rings. The second-order valence-electron chi connectivity index (χ2n) is 6.31. The number of nitrogens with one attached hydrogen (secondary N) is 1. The van der Waals surface area contributed by atoms with Crippen LogP contribution in [-0.2, 0) is 15.9 Å². The van der Waals surface area contributed by atoms with Crippen LogP contribution in [0.2, 0.25) is 0 Å². The van der Waals surface area contributed by atoms with E-state index in [2.05, 4.69) is 36.5 Å². The van der Waals surface area contributed by atoms with Gasteiger partial charge in [0.1, 0.15) is 11.7 Å². The predicted octanol–water partition coefficient (Wildman–Crippen LogP) is 2.83. The number of alkyl carbamates (subject to hydrolysis) is 1. The average molecular weight is 277 g/mol. The van der Waals surface area contributed by atoms with Gasteiger partial charge in [0.05, 0.1) is 12.6 Å². The van der Waals surface area contributed by atoms with Gasteiger partial charge in [0, 0.05) is 0 Å². The Morgan fingerprint density at radius 3 is 2.50 bits per heavy atom. The molecule has 1 aliphatic rings. The molecule has 110 valence electrons. The SMILES string of the molecule is Cc1ccc(C[C@H](NC(=O)OC(C)(C)C)[C@@H]2CO2)cc1. The molecule has 1 saturated heterocycles. The van der Waals surface area contributed by atoms with E-state index in [0.717, 1.165) is 6.42 Å². The van der Waals surface area contributed by atoms with Gasteiger partial charge in [0.15, 0.2) is 0 Å². The van der Waals surface area contributed by atoms with E-state index in [1.54, 1.807) is 0 Å². The van der Waals surface area contributed by atoms with Gasteiger partial charge < -0.3 is 14.8 Å². The quantitative estimate of drug-likeness (QED) is 0.861. The summed E-state index contributed by atoms with van der Waals surface area (Å²) in [4.78, 5) is 11.9. The number of benzene rings is 1. The van der Waals surface area contributed by atoms with Crippen molar-refractivity contribution >= 4 is 6.09 Å². The highest BCUT2D eigenvalue weighted by atomic mass is 16.6. The molecule has 1 aromatic rings. The fraction of sp³-hybridized carbons (Fsp3) is 0.562. The molecule has 4 heteroatoms. The van der Waals surface area contributed by atoms with Gasteiger partial charge in [-0.05, 0) is 39.7 Å². The molecule has 2 rings (SSSR count). The van der Waals surface area contributed by atoms with Crippen molar-refractivity contribution in [3.05, 3.63) is 35.4 Å². The van der Waals surface area contributed by atoms with Crippen LogP contribution < -0.4 is 5.32 Å². The Bertz CT molecular complexity index is 458. The van der Waals surface area contributed by atoms with Crippen molar-refractivity contribution in [1.82, 2.24) is 5.32 Å². The minimum absolute atomic E-state index is 0.0347. The van der Waals surface area contributed by atoms with Crippen LogP contribution in [0.4, 0.5) is 4.79 Å². The van der Waals surface area contributed by atoms with Gasteiger partial charge >= 0.3 is 6.09 Å². The first kappa shape index (κ1) is 14.9. The Morgan fingerprint density at radius 1 is 1.40 bits per heavy atom. The van der Waals surface area contributed by atoms with Crippen molar-refractivity contribution in [2.75, 3.05) is 6.61 Å². The Kier molecular flexibility index (Phi) is 4.33. The van der Waals surface area contributed by atoms with Crippen molar-refractivity contribution in [3.8, 4) is 0 Å². The lowest BCUT2D eigenvalue weighted by atomic mass is 10.0. The molecule has 0 bridgehead atoms. The van der Waals surface area contributed by atoms with E-state index in [9.17, 15) is 4.79 Å². The third-order valence-electron chi connectivity index (χ3n) is 3.09. The van der Waals surface area contributed by atoms with Gasteiger partial charge in [-0.25, -0.2) is 4.79 Å². The molecule has 0 spiro atoms. The summed E-state index contributed by atoms with van der Waals surface area (Å²) in [5.41, 5.74) is 1.93. The summed E-state index contributed by atoms with van der Waals surface area (Å²) < 4.78 is 10.6. The molecule has 4 nitrogen and oxygen atoms in total. The molecule has 20 heavy (non-hydrogen) atoms. The van der Waals surface area contributed by atoms with E-state index in [4.69, 9.17) is 9.47 Å². The molecular formula is C16H23NO3. The van der Waals surface area contributed by atoms with Crippen molar-refractivity contribution in [3.63, 3.8) is 0 Å². The Morgan fingerprint density at radius 2 is 2.00 bits per heavy atom. The van der Waals surface area contributed by atoms with Gasteiger partial charge in [-0.15, -0.1) is 0 Å². The zero-order valence-electron chi connectivity index (χ0n) is 12.6. The lowest BCUT2D eigenvalue weighted by Gasteiger charge is -2.23. The first-order valence-corrected chi connectivity index (χ1v) is 7.00. The van der Waals surface area contributed by atoms with Gasteiger partial charge in [-0.1, -0.05) is 29.8 Å². The molecule has 0 radical (unpaired) electrons. The van der Waals surface area contributed by atoms with E-state index in [-0.39, 0.29) is 18.2 Å². The van der Waals surface area contributed by atoms with Crippen LogP contribution in [0.15, 0.2) is 24.3 Å². The molecular weight excluding hydrogens is 254 g/mol. The van der Waals surface area contributed by atoms with Gasteiger partial charge in [-0.2, -0.15) is 0 Å². The number of rotatable bonds is 4. The maximum atomic E-state index is 11.9. The average Bonchev–Trinajstić information content (AvgIpc) is 3.12. The monoisotopic (exact) mass is 277 g/mol. The Hall–Kier alpha value is -1.55. The number of hydrogen-bond donors (Lipinski definition) is 1. The molecule has 1 aliphatic heterocycles. The summed E-state index contributed by atoms with van der Waals surface area (Å²) in [7, 11) is 0. The van der Waals surface area contributed by atoms with Crippen LogP contribution >= 0.6 is 0 Å². The van der Waals surface area contributed by atoms with Crippen LogP contribution in [-0.4, -0.2) is 30.4 Å². The summed E-state index contributed by atoms with van der Waals surface area (Å²) in [6, 6.07) is 8.29. The number of amides is 1. The molecule has 1 heterocycles. The number of ether oxygens (including phenoxy) is 2. The molecule has 1 aromatic carbocycles. The highest BCUT2D eigenvalue weighted by Crippen LogP contribution is 2.19. The number of carbonyl (C=O) groups excluding carboxylic acids is 1. The molecule has 2 atom stereocenters. The number of carbonyl (C=O) groups is 1. The Labute approximate surface area is 120 Å². The van der Waals surface area contributed by atoms with E-state index < -0.39 is 5.60 Å². The van der Waals surface area contributed by atoms with Crippen LogP contribution in [0.1, 0.15) is 31.9 Å². The third kappa shape index (κ3) is 4.85. The molecule has 0 saturated carbocycles. The predicted molar refractivity (Wildman–Crippen MR) is 77.8 cm³/mol. The maximum absolute atomic E-state index is 11.9. The fourth-order valence-electron chi connectivity index (χ4n) is 2.00. The molecule has 1 amide bonds. The van der Waals surface area contributed by atoms with Crippen molar-refractivity contribution in [2.45, 2.75) is 51.9 Å². The zero-order valence-corrected chi connectivity index (χ0v) is 12.6. The molecule has 0 aliphatic carbocycles.